The number of benzene rings is 2. The molecule has 0 spiro atoms. The van der Waals surface area contributed by atoms with Gasteiger partial charge < -0.3 is 4.74 Å². The van der Waals surface area contributed by atoms with Crippen LogP contribution in [-0.4, -0.2) is 23.6 Å². The minimum atomic E-state index is -4.38. The molecule has 0 fully saturated rings. The van der Waals surface area contributed by atoms with Gasteiger partial charge >= 0.3 is 0 Å². The molecule has 0 radical (unpaired) electrons. The SMILES string of the molecule is O=S(=O)(Nc1nccs1)c1cc(F)c(Oc2ccc(Cl)cc2-c2cn[nH]c2)cc1F. The van der Waals surface area contributed by atoms with E-state index in [1.165, 1.54) is 29.9 Å². The Morgan fingerprint density at radius 2 is 1.97 bits per heavy atom. The monoisotopic (exact) mass is 468 g/mol. The van der Waals surface area contributed by atoms with Crippen molar-refractivity contribution in [3.05, 3.63) is 71.0 Å². The Balaban J connectivity index is 1.69. The Bertz CT molecular complexity index is 1300. The van der Waals surface area contributed by atoms with Gasteiger partial charge in [0.2, 0.25) is 0 Å². The first-order valence-electron chi connectivity index (χ1n) is 8.21. The number of nitrogens with one attached hydrogen (secondary N) is 2. The summed E-state index contributed by atoms with van der Waals surface area (Å²) in [6.07, 6.45) is 4.46. The summed E-state index contributed by atoms with van der Waals surface area (Å²) in [5.41, 5.74) is 1.10. The molecule has 0 bridgehead atoms. The Morgan fingerprint density at radius 1 is 1.13 bits per heavy atom. The summed E-state index contributed by atoms with van der Waals surface area (Å²) in [5, 5.41) is 8.45. The van der Waals surface area contributed by atoms with E-state index in [0.29, 0.717) is 28.3 Å². The van der Waals surface area contributed by atoms with Gasteiger partial charge in [0.25, 0.3) is 10.0 Å². The molecule has 2 N–H and O–H groups in total. The third-order valence-corrected chi connectivity index (χ3v) is 6.31. The lowest BCUT2D eigenvalue weighted by Gasteiger charge is -2.13. The van der Waals surface area contributed by atoms with Gasteiger partial charge in [0.15, 0.2) is 16.7 Å². The largest absolute Gasteiger partial charge is 0.454 e. The van der Waals surface area contributed by atoms with Gasteiger partial charge in [-0.2, -0.15) is 5.10 Å². The first-order valence-corrected chi connectivity index (χ1v) is 11.0. The molecule has 0 unspecified atom stereocenters. The maximum atomic E-state index is 14.6. The van der Waals surface area contributed by atoms with Crippen LogP contribution in [0.5, 0.6) is 11.5 Å². The number of rotatable bonds is 6. The van der Waals surface area contributed by atoms with E-state index in [1.807, 2.05) is 0 Å². The van der Waals surface area contributed by atoms with Crippen molar-refractivity contribution in [3.8, 4) is 22.6 Å². The maximum Gasteiger partial charge on any atom is 0.266 e. The molecule has 0 saturated heterocycles. The molecule has 7 nitrogen and oxygen atoms in total. The quantitative estimate of drug-likeness (QED) is 0.412. The number of hydrogen-bond donors (Lipinski definition) is 2. The third kappa shape index (κ3) is 4.13. The number of hydrogen-bond acceptors (Lipinski definition) is 6. The van der Waals surface area contributed by atoms with E-state index in [-0.39, 0.29) is 10.9 Å². The van der Waals surface area contributed by atoms with Crippen LogP contribution in [0.4, 0.5) is 13.9 Å². The van der Waals surface area contributed by atoms with Crippen LogP contribution in [0.25, 0.3) is 11.1 Å². The van der Waals surface area contributed by atoms with Crippen molar-refractivity contribution in [2.75, 3.05) is 4.72 Å². The van der Waals surface area contributed by atoms with E-state index >= 15 is 0 Å². The molecule has 2 heterocycles. The van der Waals surface area contributed by atoms with E-state index < -0.39 is 32.3 Å². The van der Waals surface area contributed by atoms with E-state index in [2.05, 4.69) is 19.9 Å². The highest BCUT2D eigenvalue weighted by molar-refractivity contribution is 7.93. The van der Waals surface area contributed by atoms with Crippen molar-refractivity contribution < 1.29 is 21.9 Å². The smallest absolute Gasteiger partial charge is 0.266 e. The molecular formula is C18H11ClF2N4O3S2. The number of sulfonamides is 1. The number of nitrogens with zero attached hydrogens (tertiary/aromatic N) is 2. The first kappa shape index (κ1) is 20.3. The average Bonchev–Trinajstić information content (AvgIpc) is 3.39. The summed E-state index contributed by atoms with van der Waals surface area (Å²) in [7, 11) is -4.38. The molecule has 12 heteroatoms. The molecule has 0 aliphatic heterocycles. The van der Waals surface area contributed by atoms with Crippen LogP contribution in [-0.2, 0) is 10.0 Å². The maximum absolute atomic E-state index is 14.6. The number of aromatic amines is 1. The van der Waals surface area contributed by atoms with Gasteiger partial charge in [0.05, 0.1) is 6.20 Å². The standard InChI is InChI=1S/C18H11ClF2N4O3S2/c19-11-1-2-15(12(5-11)10-8-23-24-9-10)28-16-6-14(21)17(7-13(16)20)30(26,27)25-18-22-3-4-29-18/h1-9H,(H,22,25)(H,23,24). The van der Waals surface area contributed by atoms with E-state index in [1.54, 1.807) is 12.3 Å². The molecule has 0 amide bonds. The number of ether oxygens (including phenoxy) is 1. The Hall–Kier alpha value is -3.02. The number of anilines is 1. The highest BCUT2D eigenvalue weighted by Crippen LogP contribution is 2.37. The predicted molar refractivity (Wildman–Crippen MR) is 108 cm³/mol. The van der Waals surface area contributed by atoms with Gasteiger partial charge in [-0.05, 0) is 18.2 Å². The molecule has 30 heavy (non-hydrogen) atoms. The molecule has 2 aromatic heterocycles. The Labute approximate surface area is 178 Å². The Kier molecular flexibility index (Phi) is 5.41. The number of H-pyrrole nitrogens is 1. The molecule has 4 aromatic rings. The summed E-state index contributed by atoms with van der Waals surface area (Å²) in [4.78, 5) is 2.90. The van der Waals surface area contributed by atoms with Crippen LogP contribution in [0.2, 0.25) is 5.02 Å². The lowest BCUT2D eigenvalue weighted by Crippen LogP contribution is -2.15. The highest BCUT2D eigenvalue weighted by Gasteiger charge is 2.24. The lowest BCUT2D eigenvalue weighted by atomic mass is 10.1. The fourth-order valence-corrected chi connectivity index (χ4v) is 4.60. The molecule has 154 valence electrons. The molecular weight excluding hydrogens is 458 g/mol. The minimum absolute atomic E-state index is 0.0288. The number of aromatic nitrogens is 3. The fraction of sp³-hybridized carbons (Fsp3) is 0. The topological polar surface area (TPSA) is 97.0 Å². The van der Waals surface area contributed by atoms with Crippen molar-refractivity contribution >= 4 is 38.1 Å². The summed E-state index contributed by atoms with van der Waals surface area (Å²) >= 11 is 7.02. The number of halogens is 3. The number of thiazole rings is 1. The van der Waals surface area contributed by atoms with Crippen molar-refractivity contribution in [1.29, 1.82) is 0 Å². The normalized spacial score (nSPS) is 11.4. The zero-order valence-electron chi connectivity index (χ0n) is 14.8. The molecule has 0 atom stereocenters. The summed E-state index contributed by atoms with van der Waals surface area (Å²) in [5.74, 6) is -2.57. The summed E-state index contributed by atoms with van der Waals surface area (Å²) in [6, 6.07) is 5.79. The van der Waals surface area contributed by atoms with E-state index in [0.717, 1.165) is 11.3 Å². The molecule has 2 aromatic carbocycles. The summed E-state index contributed by atoms with van der Waals surface area (Å²) in [6.45, 7) is 0. The molecule has 4 rings (SSSR count). The van der Waals surface area contributed by atoms with Crippen molar-refractivity contribution in [2.45, 2.75) is 4.90 Å². The van der Waals surface area contributed by atoms with Crippen molar-refractivity contribution in [2.24, 2.45) is 0 Å². The fourth-order valence-electron chi connectivity index (χ4n) is 2.57. The first-order chi connectivity index (χ1) is 14.3. The predicted octanol–water partition coefficient (Wildman–Crippen LogP) is 5.06. The van der Waals surface area contributed by atoms with E-state index in [4.69, 9.17) is 16.3 Å². The van der Waals surface area contributed by atoms with Gasteiger partial charge in [-0.1, -0.05) is 11.6 Å². The molecule has 0 saturated carbocycles. The van der Waals surface area contributed by atoms with Crippen LogP contribution in [0.3, 0.4) is 0 Å². The molecule has 0 aliphatic rings. The third-order valence-electron chi connectivity index (χ3n) is 3.90. The van der Waals surface area contributed by atoms with Crippen LogP contribution in [0.15, 0.2) is 59.2 Å². The Morgan fingerprint density at radius 3 is 2.67 bits per heavy atom. The van der Waals surface area contributed by atoms with Gasteiger partial charge in [0, 0.05) is 46.1 Å². The van der Waals surface area contributed by atoms with Crippen LogP contribution < -0.4 is 9.46 Å². The second-order valence-electron chi connectivity index (χ2n) is 5.89. The van der Waals surface area contributed by atoms with Crippen molar-refractivity contribution in [1.82, 2.24) is 15.2 Å². The molecule has 0 aliphatic carbocycles. The highest BCUT2D eigenvalue weighted by atomic mass is 35.5. The van der Waals surface area contributed by atoms with Crippen LogP contribution in [0, 0.1) is 11.6 Å². The van der Waals surface area contributed by atoms with Gasteiger partial charge in [-0.15, -0.1) is 11.3 Å². The average molecular weight is 469 g/mol. The van der Waals surface area contributed by atoms with Crippen LogP contribution in [0.1, 0.15) is 0 Å². The second-order valence-corrected chi connectivity index (χ2v) is 8.87. The summed E-state index contributed by atoms with van der Waals surface area (Å²) < 4.78 is 61.6. The van der Waals surface area contributed by atoms with Gasteiger partial charge in [0.1, 0.15) is 16.5 Å². The zero-order valence-corrected chi connectivity index (χ0v) is 17.2. The van der Waals surface area contributed by atoms with Gasteiger partial charge in [-0.3, -0.25) is 9.82 Å². The second kappa shape index (κ2) is 8.01. The minimum Gasteiger partial charge on any atom is -0.454 e. The van der Waals surface area contributed by atoms with Gasteiger partial charge in [-0.25, -0.2) is 22.2 Å². The van der Waals surface area contributed by atoms with Crippen molar-refractivity contribution in [3.63, 3.8) is 0 Å². The van der Waals surface area contributed by atoms with Crippen LogP contribution >= 0.6 is 22.9 Å². The van der Waals surface area contributed by atoms with E-state index in [9.17, 15) is 17.2 Å². The zero-order chi connectivity index (χ0) is 21.3. The lowest BCUT2D eigenvalue weighted by molar-refractivity contribution is 0.433.